The molecule has 5 heteroatoms. The van der Waals surface area contributed by atoms with Crippen LogP contribution < -0.4 is 5.69 Å². The minimum atomic E-state index is -0.571. The second-order valence-electron chi connectivity index (χ2n) is 7.75. The summed E-state index contributed by atoms with van der Waals surface area (Å²) in [5.41, 5.74) is 4.96. The van der Waals surface area contributed by atoms with Gasteiger partial charge in [-0.15, -0.1) is 0 Å². The molecule has 0 saturated heterocycles. The third-order valence-corrected chi connectivity index (χ3v) is 5.48. The summed E-state index contributed by atoms with van der Waals surface area (Å²) in [4.78, 5) is 14.9. The first-order valence-electron chi connectivity index (χ1n) is 9.87. The molecule has 0 aliphatic carbocycles. The van der Waals surface area contributed by atoms with Gasteiger partial charge in [0.2, 0.25) is 0 Å². The second-order valence-corrected chi connectivity index (χ2v) is 7.75. The van der Waals surface area contributed by atoms with E-state index in [2.05, 4.69) is 48.2 Å². The van der Waals surface area contributed by atoms with E-state index < -0.39 is 6.10 Å². The number of aliphatic hydroxyl groups is 1. The average molecular weight is 377 g/mol. The highest BCUT2D eigenvalue weighted by Gasteiger charge is 2.19. The van der Waals surface area contributed by atoms with Gasteiger partial charge in [0.1, 0.15) is 0 Å². The lowest BCUT2D eigenvalue weighted by atomic mass is 10.00. The zero-order chi connectivity index (χ0) is 19.5. The van der Waals surface area contributed by atoms with Gasteiger partial charge in [-0.25, -0.2) is 4.79 Å². The Labute approximate surface area is 165 Å². The molecule has 3 aromatic rings. The third kappa shape index (κ3) is 4.26. The maximum Gasteiger partial charge on any atom is 0.328 e. The normalized spacial score (nSPS) is 15.4. The number of rotatable bonds is 6. The molecule has 0 radical (unpaired) electrons. The Hall–Kier alpha value is -2.63. The van der Waals surface area contributed by atoms with Crippen molar-refractivity contribution in [1.29, 1.82) is 0 Å². The van der Waals surface area contributed by atoms with Crippen molar-refractivity contribution < 1.29 is 5.11 Å². The van der Waals surface area contributed by atoms with Crippen molar-refractivity contribution in [3.05, 3.63) is 93.7 Å². The quantitative estimate of drug-likeness (QED) is 0.718. The van der Waals surface area contributed by atoms with Crippen molar-refractivity contribution in [3.63, 3.8) is 0 Å². The van der Waals surface area contributed by atoms with Crippen LogP contribution >= 0.6 is 0 Å². The molecule has 1 N–H and O–H groups in total. The van der Waals surface area contributed by atoms with E-state index in [-0.39, 0.29) is 5.69 Å². The summed E-state index contributed by atoms with van der Waals surface area (Å²) in [5, 5.41) is 10.5. The van der Waals surface area contributed by atoms with Crippen LogP contribution in [0.2, 0.25) is 0 Å². The van der Waals surface area contributed by atoms with E-state index in [1.54, 1.807) is 21.5 Å². The van der Waals surface area contributed by atoms with Gasteiger partial charge in [0.25, 0.3) is 0 Å². The molecule has 2 heterocycles. The van der Waals surface area contributed by atoms with Crippen LogP contribution in [-0.4, -0.2) is 38.3 Å². The maximum absolute atomic E-state index is 12.6. The van der Waals surface area contributed by atoms with E-state index in [4.69, 9.17) is 0 Å². The lowest BCUT2D eigenvalue weighted by molar-refractivity contribution is 0.0909. The van der Waals surface area contributed by atoms with Crippen LogP contribution in [0, 0.1) is 6.92 Å². The predicted molar refractivity (Wildman–Crippen MR) is 110 cm³/mol. The highest BCUT2D eigenvalue weighted by molar-refractivity contribution is 5.29. The predicted octanol–water partition coefficient (Wildman–Crippen LogP) is 2.43. The van der Waals surface area contributed by atoms with Gasteiger partial charge >= 0.3 is 5.69 Å². The maximum atomic E-state index is 12.6. The van der Waals surface area contributed by atoms with Gasteiger partial charge in [-0.3, -0.25) is 14.0 Å². The molecule has 1 aliphatic heterocycles. The van der Waals surface area contributed by atoms with Crippen LogP contribution in [0.4, 0.5) is 0 Å². The van der Waals surface area contributed by atoms with Crippen LogP contribution in [0.15, 0.2) is 65.7 Å². The van der Waals surface area contributed by atoms with Gasteiger partial charge < -0.3 is 5.11 Å². The zero-order valence-corrected chi connectivity index (χ0v) is 16.3. The molecule has 1 atom stereocenters. The molecule has 0 fully saturated rings. The average Bonchev–Trinajstić information content (AvgIpc) is 3.03. The second kappa shape index (κ2) is 8.17. The Morgan fingerprint density at radius 3 is 2.46 bits per heavy atom. The standard InChI is InChI=1S/C23H27N3O2/c1-18-6-8-19(9-7-18)14-25-12-13-26(23(25)28)17-22(27)16-24-11-10-20-4-2-3-5-21(20)15-24/h2-9,12-13,22,27H,10-11,14-17H2,1H3. The molecule has 0 spiro atoms. The van der Waals surface area contributed by atoms with Crippen LogP contribution in [0.5, 0.6) is 0 Å². The van der Waals surface area contributed by atoms with Crippen LogP contribution in [0.1, 0.15) is 22.3 Å². The van der Waals surface area contributed by atoms with Crippen LogP contribution in [0.3, 0.4) is 0 Å². The smallest absolute Gasteiger partial charge is 0.328 e. The summed E-state index contributed by atoms with van der Waals surface area (Å²) in [6.07, 6.45) is 4.01. The molecule has 5 nitrogen and oxygen atoms in total. The van der Waals surface area contributed by atoms with E-state index >= 15 is 0 Å². The summed E-state index contributed by atoms with van der Waals surface area (Å²) >= 11 is 0. The summed E-state index contributed by atoms with van der Waals surface area (Å²) in [6, 6.07) is 16.7. The minimum Gasteiger partial charge on any atom is -0.390 e. The fourth-order valence-corrected chi connectivity index (χ4v) is 3.90. The number of imidazole rings is 1. The number of β-amino-alcohol motifs (C(OH)–C–C–N with tert-alkyl or cyclic N) is 1. The number of aromatic nitrogens is 2. The van der Waals surface area contributed by atoms with Crippen molar-refractivity contribution in [3.8, 4) is 0 Å². The number of aryl methyl sites for hydroxylation is 1. The molecule has 2 aromatic carbocycles. The van der Waals surface area contributed by atoms with Gasteiger partial charge in [0, 0.05) is 32.0 Å². The van der Waals surface area contributed by atoms with Crippen molar-refractivity contribution in [2.45, 2.75) is 39.1 Å². The Morgan fingerprint density at radius 1 is 0.964 bits per heavy atom. The minimum absolute atomic E-state index is 0.0800. The monoisotopic (exact) mass is 377 g/mol. The fourth-order valence-electron chi connectivity index (χ4n) is 3.90. The Bertz CT molecular complexity index is 988. The summed E-state index contributed by atoms with van der Waals surface area (Å²) in [5.74, 6) is 0. The third-order valence-electron chi connectivity index (χ3n) is 5.48. The number of aliphatic hydroxyl groups excluding tert-OH is 1. The molecular weight excluding hydrogens is 350 g/mol. The van der Waals surface area contributed by atoms with E-state index in [9.17, 15) is 9.90 Å². The highest BCUT2D eigenvalue weighted by Crippen LogP contribution is 2.18. The van der Waals surface area contributed by atoms with Gasteiger partial charge in [-0.05, 0) is 30.0 Å². The molecule has 28 heavy (non-hydrogen) atoms. The first-order valence-corrected chi connectivity index (χ1v) is 9.87. The van der Waals surface area contributed by atoms with Gasteiger partial charge in [-0.2, -0.15) is 0 Å². The van der Waals surface area contributed by atoms with Crippen molar-refractivity contribution in [2.24, 2.45) is 0 Å². The zero-order valence-electron chi connectivity index (χ0n) is 16.3. The van der Waals surface area contributed by atoms with E-state index in [1.807, 2.05) is 12.1 Å². The Morgan fingerprint density at radius 2 is 1.68 bits per heavy atom. The molecule has 0 bridgehead atoms. The molecule has 0 saturated carbocycles. The fraction of sp³-hybridized carbons (Fsp3) is 0.348. The molecule has 1 unspecified atom stereocenters. The highest BCUT2D eigenvalue weighted by atomic mass is 16.3. The lowest BCUT2D eigenvalue weighted by Gasteiger charge is -2.30. The molecule has 1 aromatic heterocycles. The molecule has 4 rings (SSSR count). The summed E-state index contributed by atoms with van der Waals surface area (Å²) < 4.78 is 3.30. The first-order chi connectivity index (χ1) is 13.6. The summed E-state index contributed by atoms with van der Waals surface area (Å²) in [6.45, 7) is 5.29. The van der Waals surface area contributed by atoms with Gasteiger partial charge in [0.15, 0.2) is 0 Å². The van der Waals surface area contributed by atoms with Crippen molar-refractivity contribution in [2.75, 3.05) is 13.1 Å². The van der Waals surface area contributed by atoms with Gasteiger partial charge in [-0.1, -0.05) is 54.1 Å². The van der Waals surface area contributed by atoms with E-state index in [0.29, 0.717) is 19.6 Å². The van der Waals surface area contributed by atoms with Crippen molar-refractivity contribution in [1.82, 2.24) is 14.0 Å². The SMILES string of the molecule is Cc1ccc(Cn2ccn(CC(O)CN3CCc4ccccc4C3)c2=O)cc1. The number of hydrogen-bond donors (Lipinski definition) is 1. The Balaban J connectivity index is 1.36. The number of hydrogen-bond acceptors (Lipinski definition) is 3. The molecule has 1 aliphatic rings. The molecule has 146 valence electrons. The molecular formula is C23H27N3O2. The van der Waals surface area contributed by atoms with Crippen molar-refractivity contribution >= 4 is 0 Å². The van der Waals surface area contributed by atoms with Crippen LogP contribution in [-0.2, 0) is 26.1 Å². The number of fused-ring (bicyclic) bond motifs is 1. The van der Waals surface area contributed by atoms with Gasteiger partial charge in [0.05, 0.1) is 19.2 Å². The van der Waals surface area contributed by atoms with Crippen LogP contribution in [0.25, 0.3) is 0 Å². The Kier molecular flexibility index (Phi) is 5.46. The number of nitrogens with zero attached hydrogens (tertiary/aromatic N) is 3. The topological polar surface area (TPSA) is 50.4 Å². The summed E-state index contributed by atoms with van der Waals surface area (Å²) in [7, 11) is 0. The first kappa shape index (κ1) is 18.7. The van der Waals surface area contributed by atoms with E-state index in [1.165, 1.54) is 16.7 Å². The largest absolute Gasteiger partial charge is 0.390 e. The number of benzene rings is 2. The van der Waals surface area contributed by atoms with E-state index in [0.717, 1.165) is 25.1 Å². The lowest BCUT2D eigenvalue weighted by Crippen LogP contribution is -2.39. The molecule has 0 amide bonds.